The Hall–Kier alpha value is -2.12. The Balaban J connectivity index is 2.26. The molecule has 8 heteroatoms. The molecule has 2 aromatic rings. The summed E-state index contributed by atoms with van der Waals surface area (Å²) in [4.78, 5) is 12.7. The number of amides is 1. The molecule has 27 heavy (non-hydrogen) atoms. The maximum atomic E-state index is 13.1. The highest BCUT2D eigenvalue weighted by Gasteiger charge is 2.30. The fourth-order valence-electron chi connectivity index (χ4n) is 2.70. The van der Waals surface area contributed by atoms with E-state index in [-0.39, 0.29) is 5.82 Å². The molecule has 146 valence electrons. The number of sulfonamides is 1. The van der Waals surface area contributed by atoms with Crippen LogP contribution < -0.4 is 9.62 Å². The van der Waals surface area contributed by atoms with E-state index in [9.17, 15) is 17.6 Å². The number of anilines is 1. The van der Waals surface area contributed by atoms with Gasteiger partial charge in [-0.25, -0.2) is 12.8 Å². The number of benzene rings is 2. The Morgan fingerprint density at radius 1 is 1.15 bits per heavy atom. The van der Waals surface area contributed by atoms with Crippen LogP contribution in [-0.4, -0.2) is 26.6 Å². The van der Waals surface area contributed by atoms with Crippen molar-refractivity contribution in [3.63, 3.8) is 0 Å². The van der Waals surface area contributed by atoms with Crippen LogP contribution in [0.3, 0.4) is 0 Å². The minimum absolute atomic E-state index is 0.310. The second-order valence-electron chi connectivity index (χ2n) is 6.45. The maximum absolute atomic E-state index is 13.1. The molecule has 2 aromatic carbocycles. The number of rotatable bonds is 6. The number of halogens is 2. The second kappa shape index (κ2) is 8.27. The molecule has 0 aliphatic carbocycles. The Labute approximate surface area is 164 Å². The number of nitrogens with zero attached hydrogens (tertiary/aromatic N) is 1. The monoisotopic (exact) mass is 412 g/mol. The Morgan fingerprint density at radius 2 is 1.74 bits per heavy atom. The van der Waals surface area contributed by atoms with E-state index in [4.69, 9.17) is 11.6 Å². The van der Waals surface area contributed by atoms with Gasteiger partial charge in [0.1, 0.15) is 11.9 Å². The summed E-state index contributed by atoms with van der Waals surface area (Å²) in [6.45, 7) is 5.05. The largest absolute Gasteiger partial charge is 0.348 e. The van der Waals surface area contributed by atoms with E-state index in [0.717, 1.165) is 16.1 Å². The minimum Gasteiger partial charge on any atom is -0.348 e. The highest BCUT2D eigenvalue weighted by Crippen LogP contribution is 2.27. The Morgan fingerprint density at radius 3 is 2.26 bits per heavy atom. The number of hydrogen-bond acceptors (Lipinski definition) is 3. The molecule has 0 radical (unpaired) electrons. The van der Waals surface area contributed by atoms with Gasteiger partial charge in [-0.2, -0.15) is 0 Å². The van der Waals surface area contributed by atoms with Crippen molar-refractivity contribution in [2.45, 2.75) is 32.9 Å². The molecular weight excluding hydrogens is 391 g/mol. The van der Waals surface area contributed by atoms with Gasteiger partial charge in [-0.1, -0.05) is 29.8 Å². The average Bonchev–Trinajstić information content (AvgIpc) is 2.57. The molecule has 0 heterocycles. The van der Waals surface area contributed by atoms with Crippen LogP contribution in [0.5, 0.6) is 0 Å². The molecule has 0 bridgehead atoms. The van der Waals surface area contributed by atoms with E-state index in [0.29, 0.717) is 16.3 Å². The van der Waals surface area contributed by atoms with Gasteiger partial charge in [-0.15, -0.1) is 0 Å². The average molecular weight is 413 g/mol. The summed E-state index contributed by atoms with van der Waals surface area (Å²) in [6.07, 6.45) is 1.04. The van der Waals surface area contributed by atoms with Gasteiger partial charge in [0.15, 0.2) is 0 Å². The lowest BCUT2D eigenvalue weighted by atomic mass is 10.1. The van der Waals surface area contributed by atoms with Crippen molar-refractivity contribution in [1.82, 2.24) is 5.32 Å². The van der Waals surface area contributed by atoms with Crippen LogP contribution >= 0.6 is 11.6 Å². The van der Waals surface area contributed by atoms with Crippen LogP contribution in [0.25, 0.3) is 0 Å². The quantitative estimate of drug-likeness (QED) is 0.784. The molecule has 0 aliphatic rings. The van der Waals surface area contributed by atoms with Crippen molar-refractivity contribution >= 4 is 33.2 Å². The second-order valence-corrected chi connectivity index (χ2v) is 8.72. The van der Waals surface area contributed by atoms with Gasteiger partial charge in [0.25, 0.3) is 0 Å². The lowest BCUT2D eigenvalue weighted by molar-refractivity contribution is -0.122. The van der Waals surface area contributed by atoms with Crippen molar-refractivity contribution in [3.05, 3.63) is 64.4 Å². The normalized spacial score (nSPS) is 13.7. The molecule has 0 saturated heterocycles. The third-order valence-corrected chi connectivity index (χ3v) is 5.88. The van der Waals surface area contributed by atoms with Crippen molar-refractivity contribution in [2.24, 2.45) is 0 Å². The summed E-state index contributed by atoms with van der Waals surface area (Å²) in [5, 5.41) is 3.17. The van der Waals surface area contributed by atoms with Gasteiger partial charge < -0.3 is 5.32 Å². The van der Waals surface area contributed by atoms with Gasteiger partial charge >= 0.3 is 0 Å². The summed E-state index contributed by atoms with van der Waals surface area (Å²) in [5.74, 6) is -0.848. The van der Waals surface area contributed by atoms with Crippen LogP contribution in [0.2, 0.25) is 5.02 Å². The van der Waals surface area contributed by atoms with E-state index in [2.05, 4.69) is 5.32 Å². The zero-order valence-corrected chi connectivity index (χ0v) is 17.1. The summed E-state index contributed by atoms with van der Waals surface area (Å²) in [6, 6.07) is 9.15. The maximum Gasteiger partial charge on any atom is 0.244 e. The molecule has 0 saturated carbocycles. The van der Waals surface area contributed by atoms with Crippen molar-refractivity contribution < 1.29 is 17.6 Å². The topological polar surface area (TPSA) is 66.5 Å². The first-order chi connectivity index (χ1) is 12.5. The molecule has 2 atom stereocenters. The molecule has 2 rings (SSSR count). The lowest BCUT2D eigenvalue weighted by Crippen LogP contribution is -2.48. The van der Waals surface area contributed by atoms with E-state index in [1.165, 1.54) is 25.1 Å². The number of nitrogens with one attached hydrogen (secondary N) is 1. The SMILES string of the molecule is Cc1ccc(N([C@@H](C)C(=O)N[C@H](C)c2ccc(F)cc2)S(C)(=O)=O)cc1Cl. The molecule has 1 N–H and O–H groups in total. The van der Waals surface area contributed by atoms with Gasteiger partial charge in [0.2, 0.25) is 15.9 Å². The molecule has 0 fully saturated rings. The van der Waals surface area contributed by atoms with Crippen LogP contribution in [0.15, 0.2) is 42.5 Å². The van der Waals surface area contributed by atoms with Gasteiger partial charge in [-0.05, 0) is 56.2 Å². The van der Waals surface area contributed by atoms with E-state index in [1.807, 2.05) is 0 Å². The summed E-state index contributed by atoms with van der Waals surface area (Å²) in [5.41, 5.74) is 1.82. The summed E-state index contributed by atoms with van der Waals surface area (Å²) < 4.78 is 38.7. The minimum atomic E-state index is -3.73. The van der Waals surface area contributed by atoms with Crippen molar-refractivity contribution in [3.8, 4) is 0 Å². The van der Waals surface area contributed by atoms with Gasteiger partial charge in [-0.3, -0.25) is 9.10 Å². The van der Waals surface area contributed by atoms with Crippen LogP contribution in [0.4, 0.5) is 10.1 Å². The molecule has 1 amide bonds. The number of carbonyl (C=O) groups excluding carboxylic acids is 1. The molecule has 0 aliphatic heterocycles. The van der Waals surface area contributed by atoms with E-state index >= 15 is 0 Å². The molecule has 0 aromatic heterocycles. The third kappa shape index (κ3) is 5.20. The predicted octanol–water partition coefficient (Wildman–Crippen LogP) is 3.82. The first-order valence-corrected chi connectivity index (χ1v) is 10.5. The van der Waals surface area contributed by atoms with Gasteiger partial charge in [0, 0.05) is 5.02 Å². The predicted molar refractivity (Wildman–Crippen MR) is 106 cm³/mol. The van der Waals surface area contributed by atoms with E-state index < -0.39 is 28.0 Å². The summed E-state index contributed by atoms with van der Waals surface area (Å²) in [7, 11) is -3.73. The molecule has 0 spiro atoms. The smallest absolute Gasteiger partial charge is 0.244 e. The standard InChI is InChI=1S/C19H22ClFN2O3S/c1-12-5-10-17(11-18(12)20)23(27(4,25)26)14(3)19(24)22-13(2)15-6-8-16(21)9-7-15/h5-11,13-14H,1-4H3,(H,22,24)/t13-,14+/m1/s1. The molecular formula is C19H22ClFN2O3S. The fraction of sp³-hybridized carbons (Fsp3) is 0.316. The number of aryl methyl sites for hydroxylation is 1. The van der Waals surface area contributed by atoms with Crippen LogP contribution in [0.1, 0.15) is 31.0 Å². The summed E-state index contributed by atoms with van der Waals surface area (Å²) >= 11 is 6.12. The van der Waals surface area contributed by atoms with Crippen molar-refractivity contribution in [2.75, 3.05) is 10.6 Å². The highest BCUT2D eigenvalue weighted by molar-refractivity contribution is 7.92. The highest BCUT2D eigenvalue weighted by atomic mass is 35.5. The number of carbonyl (C=O) groups is 1. The zero-order chi connectivity index (χ0) is 20.4. The van der Waals surface area contributed by atoms with Crippen molar-refractivity contribution in [1.29, 1.82) is 0 Å². The van der Waals surface area contributed by atoms with Crippen LogP contribution in [-0.2, 0) is 14.8 Å². The first kappa shape index (κ1) is 21.2. The Kier molecular flexibility index (Phi) is 6.49. The van der Waals surface area contributed by atoms with E-state index in [1.54, 1.807) is 38.1 Å². The molecule has 0 unspecified atom stereocenters. The fourth-order valence-corrected chi connectivity index (χ4v) is 4.04. The first-order valence-electron chi connectivity index (χ1n) is 8.32. The van der Waals surface area contributed by atoms with Crippen LogP contribution in [0, 0.1) is 12.7 Å². The number of hydrogen-bond donors (Lipinski definition) is 1. The lowest BCUT2D eigenvalue weighted by Gasteiger charge is -2.29. The van der Waals surface area contributed by atoms with Gasteiger partial charge in [0.05, 0.1) is 18.0 Å². The molecule has 5 nitrogen and oxygen atoms in total. The third-order valence-electron chi connectivity index (χ3n) is 4.23. The Bertz CT molecular complexity index is 932. The zero-order valence-electron chi connectivity index (χ0n) is 15.5.